The number of benzene rings is 2. The molecular formula is C21H15F3O4. The third-order valence-electron chi connectivity index (χ3n) is 4.70. The highest BCUT2D eigenvalue weighted by Gasteiger charge is 2.34. The summed E-state index contributed by atoms with van der Waals surface area (Å²) in [6.45, 7) is 0. The fraction of sp³-hybridized carbons (Fsp3) is 0.190. The smallest absolute Gasteiger partial charge is 0.416 e. The van der Waals surface area contributed by atoms with E-state index in [1.807, 2.05) is 18.2 Å². The first kappa shape index (κ1) is 18.2. The van der Waals surface area contributed by atoms with Crippen molar-refractivity contribution < 1.29 is 31.9 Å². The molecule has 0 spiro atoms. The van der Waals surface area contributed by atoms with Gasteiger partial charge in [-0.1, -0.05) is 30.3 Å². The summed E-state index contributed by atoms with van der Waals surface area (Å²) in [5.74, 6) is -0.359. The van der Waals surface area contributed by atoms with Crippen LogP contribution in [0.1, 0.15) is 29.0 Å². The van der Waals surface area contributed by atoms with E-state index in [9.17, 15) is 18.0 Å². The Morgan fingerprint density at radius 2 is 1.86 bits per heavy atom. The first-order chi connectivity index (χ1) is 13.4. The molecular weight excluding hydrogens is 373 g/mol. The summed E-state index contributed by atoms with van der Waals surface area (Å²) in [5.41, 5.74) is 1.30. The number of rotatable bonds is 2. The molecule has 4 nitrogen and oxygen atoms in total. The first-order valence-electron chi connectivity index (χ1n) is 8.52. The van der Waals surface area contributed by atoms with Gasteiger partial charge in [-0.2, -0.15) is 13.2 Å². The van der Waals surface area contributed by atoms with Crippen molar-refractivity contribution in [3.05, 3.63) is 77.1 Å². The van der Waals surface area contributed by atoms with Gasteiger partial charge in [-0.3, -0.25) is 0 Å². The number of hydrogen-bond donors (Lipinski definition) is 0. The third-order valence-corrected chi connectivity index (χ3v) is 4.70. The van der Waals surface area contributed by atoms with Crippen LogP contribution in [0.15, 0.2) is 64.8 Å². The van der Waals surface area contributed by atoms with Gasteiger partial charge in [-0.25, -0.2) is 4.79 Å². The number of esters is 1. The molecule has 1 aliphatic rings. The van der Waals surface area contributed by atoms with E-state index in [1.54, 1.807) is 6.07 Å². The number of methoxy groups -OCH3 is 1. The van der Waals surface area contributed by atoms with Crippen molar-refractivity contribution in [2.75, 3.05) is 7.11 Å². The van der Waals surface area contributed by atoms with Crippen LogP contribution in [0.5, 0.6) is 5.95 Å². The molecule has 2 aromatic carbocycles. The summed E-state index contributed by atoms with van der Waals surface area (Å²) in [7, 11) is 1.25. The van der Waals surface area contributed by atoms with Crippen LogP contribution in [-0.2, 0) is 15.7 Å². The van der Waals surface area contributed by atoms with Gasteiger partial charge in [0.2, 0.25) is 0 Å². The average Bonchev–Trinajstić information content (AvgIpc) is 3.05. The molecule has 0 aliphatic carbocycles. The molecule has 2 heterocycles. The summed E-state index contributed by atoms with van der Waals surface area (Å²) in [6.07, 6.45) is -2.90. The summed E-state index contributed by atoms with van der Waals surface area (Å²) >= 11 is 0. The Morgan fingerprint density at radius 3 is 2.54 bits per heavy atom. The lowest BCUT2D eigenvalue weighted by atomic mass is 9.85. The zero-order valence-corrected chi connectivity index (χ0v) is 14.7. The molecule has 0 saturated heterocycles. The summed E-state index contributed by atoms with van der Waals surface area (Å²) in [4.78, 5) is 11.6. The van der Waals surface area contributed by atoms with E-state index in [-0.39, 0.29) is 18.3 Å². The van der Waals surface area contributed by atoms with Gasteiger partial charge < -0.3 is 13.9 Å². The van der Waals surface area contributed by atoms with Gasteiger partial charge in [0.15, 0.2) is 0 Å². The van der Waals surface area contributed by atoms with E-state index in [4.69, 9.17) is 9.15 Å². The predicted octanol–water partition coefficient (Wildman–Crippen LogP) is 5.42. The highest BCUT2D eigenvalue weighted by Crippen LogP contribution is 2.47. The zero-order valence-electron chi connectivity index (χ0n) is 14.7. The van der Waals surface area contributed by atoms with E-state index >= 15 is 0 Å². The third kappa shape index (κ3) is 3.24. The number of carbonyl (C=O) groups excluding carboxylic acids is 1. The van der Waals surface area contributed by atoms with Crippen molar-refractivity contribution in [2.45, 2.75) is 18.5 Å². The molecule has 1 aromatic heterocycles. The lowest BCUT2D eigenvalue weighted by molar-refractivity contribution is -0.137. The minimum absolute atomic E-state index is 0.229. The van der Waals surface area contributed by atoms with Crippen LogP contribution in [-0.4, -0.2) is 13.1 Å². The van der Waals surface area contributed by atoms with Gasteiger partial charge in [-0.15, -0.1) is 0 Å². The molecule has 144 valence electrons. The maximum atomic E-state index is 12.9. The second-order valence-corrected chi connectivity index (χ2v) is 6.41. The monoisotopic (exact) mass is 388 g/mol. The number of hydrogen-bond acceptors (Lipinski definition) is 4. The Morgan fingerprint density at radius 1 is 1.14 bits per heavy atom. The Hall–Kier alpha value is -3.22. The first-order valence-corrected chi connectivity index (χ1v) is 8.52. The maximum Gasteiger partial charge on any atom is 0.416 e. The standard InChI is InChI=1S/C21H15F3O4/c1-26-18(25)11-14-10-16(12-6-8-13(9-7-12)21(22,23)24)19-15-4-2-3-5-17(15)28-20(19)27-14/h2-9,11,16H,10H2,1H3/b14-11+/t16-/m0/s1. The fourth-order valence-corrected chi connectivity index (χ4v) is 3.38. The molecule has 3 aromatic rings. The zero-order chi connectivity index (χ0) is 19.9. The van der Waals surface area contributed by atoms with E-state index in [0.717, 1.165) is 23.1 Å². The Kier molecular flexibility index (Phi) is 4.37. The van der Waals surface area contributed by atoms with Crippen LogP contribution in [0.25, 0.3) is 11.0 Å². The number of furan rings is 1. The minimum atomic E-state index is -4.41. The summed E-state index contributed by atoms with van der Waals surface area (Å²) in [6, 6.07) is 12.3. The largest absolute Gasteiger partial charge is 0.466 e. The van der Waals surface area contributed by atoms with Gasteiger partial charge in [-0.05, 0) is 23.8 Å². The number of carbonyl (C=O) groups is 1. The van der Waals surface area contributed by atoms with E-state index < -0.39 is 17.7 Å². The second kappa shape index (κ2) is 6.74. The van der Waals surface area contributed by atoms with E-state index in [0.29, 0.717) is 16.9 Å². The van der Waals surface area contributed by atoms with Gasteiger partial charge in [0, 0.05) is 17.7 Å². The molecule has 0 fully saturated rings. The topological polar surface area (TPSA) is 48.7 Å². The minimum Gasteiger partial charge on any atom is -0.466 e. The predicted molar refractivity (Wildman–Crippen MR) is 94.8 cm³/mol. The second-order valence-electron chi connectivity index (χ2n) is 6.41. The molecule has 7 heteroatoms. The quantitative estimate of drug-likeness (QED) is 0.434. The van der Waals surface area contributed by atoms with Crippen molar-refractivity contribution in [3.8, 4) is 5.95 Å². The molecule has 0 unspecified atom stereocenters. The van der Waals surface area contributed by atoms with Crippen molar-refractivity contribution in [3.63, 3.8) is 0 Å². The summed E-state index contributed by atoms with van der Waals surface area (Å²) < 4.78 is 54.9. The SMILES string of the molecule is COC(=O)/C=C1\C[C@@H](c2ccc(C(F)(F)F)cc2)c2c(oc3ccccc23)O1. The van der Waals surface area contributed by atoms with Crippen molar-refractivity contribution >= 4 is 16.9 Å². The molecule has 0 amide bonds. The molecule has 0 N–H and O–H groups in total. The Labute approximate surface area is 158 Å². The molecule has 0 radical (unpaired) electrons. The van der Waals surface area contributed by atoms with Crippen LogP contribution in [0.2, 0.25) is 0 Å². The lowest BCUT2D eigenvalue weighted by Gasteiger charge is -2.24. The molecule has 1 aliphatic heterocycles. The molecule has 1 atom stereocenters. The fourth-order valence-electron chi connectivity index (χ4n) is 3.38. The van der Waals surface area contributed by atoms with E-state index in [2.05, 4.69) is 4.74 Å². The Balaban J connectivity index is 1.83. The van der Waals surface area contributed by atoms with Crippen LogP contribution < -0.4 is 4.74 Å². The number of ether oxygens (including phenoxy) is 2. The van der Waals surface area contributed by atoms with Crippen LogP contribution in [0.3, 0.4) is 0 Å². The normalized spacial score (nSPS) is 18.0. The van der Waals surface area contributed by atoms with E-state index in [1.165, 1.54) is 25.3 Å². The number of halogens is 3. The maximum absolute atomic E-state index is 12.9. The number of fused-ring (bicyclic) bond motifs is 3. The lowest BCUT2D eigenvalue weighted by Crippen LogP contribution is -2.14. The van der Waals surface area contributed by atoms with Crippen LogP contribution in [0, 0.1) is 0 Å². The van der Waals surface area contributed by atoms with Crippen molar-refractivity contribution in [2.24, 2.45) is 0 Å². The molecule has 4 rings (SSSR count). The number of alkyl halides is 3. The van der Waals surface area contributed by atoms with Gasteiger partial charge in [0.05, 0.1) is 24.3 Å². The number of para-hydroxylation sites is 1. The average molecular weight is 388 g/mol. The van der Waals surface area contributed by atoms with Crippen molar-refractivity contribution in [1.29, 1.82) is 0 Å². The van der Waals surface area contributed by atoms with Crippen LogP contribution in [0.4, 0.5) is 13.2 Å². The van der Waals surface area contributed by atoms with Crippen molar-refractivity contribution in [1.82, 2.24) is 0 Å². The molecule has 28 heavy (non-hydrogen) atoms. The Bertz CT molecular complexity index is 1060. The highest BCUT2D eigenvalue weighted by molar-refractivity contribution is 5.86. The van der Waals surface area contributed by atoms with Gasteiger partial charge in [0.1, 0.15) is 11.3 Å². The number of allylic oxidation sites excluding steroid dienone is 1. The van der Waals surface area contributed by atoms with Gasteiger partial charge in [0.25, 0.3) is 5.95 Å². The van der Waals surface area contributed by atoms with Gasteiger partial charge >= 0.3 is 12.1 Å². The highest BCUT2D eigenvalue weighted by atomic mass is 19.4. The summed E-state index contributed by atoms with van der Waals surface area (Å²) in [5, 5.41) is 0.819. The van der Waals surface area contributed by atoms with Crippen LogP contribution >= 0.6 is 0 Å². The molecule has 0 bridgehead atoms. The molecule has 0 saturated carbocycles.